The van der Waals surface area contributed by atoms with Gasteiger partial charge >= 0.3 is 0 Å². The monoisotopic (exact) mass is 100 g/mol. The minimum Gasteiger partial charge on any atom is -0.545 e. The van der Waals surface area contributed by atoms with Crippen LogP contribution in [0, 0.1) is 24.3 Å². The second-order valence-corrected chi connectivity index (χ2v) is 1.24. The maximum atomic E-state index is 2.81. The summed E-state index contributed by atoms with van der Waals surface area (Å²) in [4.78, 5) is 0. The first kappa shape index (κ1) is 5.10. The van der Waals surface area contributed by atoms with Crippen molar-refractivity contribution in [2.45, 2.75) is 0 Å². The van der Waals surface area contributed by atoms with Gasteiger partial charge in [-0.05, 0) is 0 Å². The molecule has 0 aromatic carbocycles. The SMILES string of the molecule is [C-]1=C[C-]=C[C-]=C[C-]=C1. The second kappa shape index (κ2) is 3.03. The van der Waals surface area contributed by atoms with Gasteiger partial charge in [0, 0.05) is 0 Å². The number of allylic oxidation sites excluding steroid dienone is 8. The lowest BCUT2D eigenvalue weighted by molar-refractivity contribution is 1.67. The zero-order chi connectivity index (χ0) is 5.66. The highest BCUT2D eigenvalue weighted by molar-refractivity contribution is 5.10. The summed E-state index contributed by atoms with van der Waals surface area (Å²) in [5.41, 5.74) is 0. The van der Waals surface area contributed by atoms with Gasteiger partial charge in [-0.25, -0.2) is 0 Å². The van der Waals surface area contributed by atoms with Crippen molar-refractivity contribution >= 4 is 0 Å². The average Bonchev–Trinajstić information content (AvgIpc) is 1.62. The van der Waals surface area contributed by atoms with Gasteiger partial charge in [0.1, 0.15) is 0 Å². The van der Waals surface area contributed by atoms with Crippen LogP contribution in [0.2, 0.25) is 0 Å². The van der Waals surface area contributed by atoms with Crippen molar-refractivity contribution in [2.24, 2.45) is 0 Å². The molecule has 0 radical (unpaired) electrons. The number of hydrogen-bond acceptors (Lipinski definition) is 0. The molecule has 0 N–H and O–H groups in total. The van der Waals surface area contributed by atoms with E-state index in [0.29, 0.717) is 0 Å². The van der Waals surface area contributed by atoms with E-state index in [-0.39, 0.29) is 0 Å². The van der Waals surface area contributed by atoms with Gasteiger partial charge in [0.15, 0.2) is 0 Å². The van der Waals surface area contributed by atoms with Crippen LogP contribution >= 0.6 is 0 Å². The lowest BCUT2D eigenvalue weighted by atomic mass is 10.3. The Morgan fingerprint density at radius 2 is 0.750 bits per heavy atom. The molecule has 0 aromatic rings. The van der Waals surface area contributed by atoms with Crippen LogP contribution < -0.4 is 0 Å². The van der Waals surface area contributed by atoms with Crippen LogP contribution in [0.5, 0.6) is 0 Å². The maximum absolute atomic E-state index is 2.81. The third-order valence-electron chi connectivity index (χ3n) is 0.667. The average molecular weight is 100 g/mol. The molecule has 0 heteroatoms. The third-order valence-corrected chi connectivity index (χ3v) is 0.667. The Labute approximate surface area is 49.5 Å². The van der Waals surface area contributed by atoms with Crippen molar-refractivity contribution in [3.05, 3.63) is 48.6 Å². The predicted molar refractivity (Wildman–Crippen MR) is 31.3 cm³/mol. The molecule has 0 fully saturated rings. The molecule has 0 heterocycles. The molecular weight excluding hydrogens is 96.1 g/mol. The lowest BCUT2D eigenvalue weighted by Gasteiger charge is -2.20. The van der Waals surface area contributed by atoms with E-state index in [1.54, 1.807) is 24.3 Å². The van der Waals surface area contributed by atoms with Crippen molar-refractivity contribution < 1.29 is 0 Å². The fraction of sp³-hybridized carbons (Fsp3) is 0. The summed E-state index contributed by atoms with van der Waals surface area (Å²) in [6.45, 7) is 0. The minimum atomic E-state index is 1.69. The zero-order valence-electron chi connectivity index (χ0n) is 4.31. The van der Waals surface area contributed by atoms with E-state index in [0.717, 1.165) is 0 Å². The van der Waals surface area contributed by atoms with Gasteiger partial charge in [-0.2, -0.15) is 0 Å². The van der Waals surface area contributed by atoms with Crippen LogP contribution in [0.1, 0.15) is 0 Å². The predicted octanol–water partition coefficient (Wildman–Crippen LogP) is 1.44. The number of rotatable bonds is 0. The highest BCUT2D eigenvalue weighted by Gasteiger charge is 1.22. The molecule has 0 spiro atoms. The molecule has 0 aliphatic heterocycles. The molecule has 0 bridgehead atoms. The standard InChI is InChI=1S/C8H4/c1-2-4-6-8-7-5-3-1/h1,4-5,8H/q-4. The fourth-order valence-electron chi connectivity index (χ4n) is 0.359. The van der Waals surface area contributed by atoms with E-state index in [9.17, 15) is 0 Å². The Bertz CT molecular complexity index is 101. The Morgan fingerprint density at radius 3 is 1.00 bits per heavy atom. The van der Waals surface area contributed by atoms with Crippen LogP contribution in [-0.4, -0.2) is 0 Å². The molecule has 0 unspecified atom stereocenters. The minimum absolute atomic E-state index is 1.69. The molecule has 8 heavy (non-hydrogen) atoms. The summed E-state index contributed by atoms with van der Waals surface area (Å²) >= 11 is 0. The van der Waals surface area contributed by atoms with Crippen molar-refractivity contribution in [1.82, 2.24) is 0 Å². The van der Waals surface area contributed by atoms with Gasteiger partial charge < -0.3 is 48.6 Å². The Morgan fingerprint density at radius 1 is 0.500 bits per heavy atom. The molecule has 0 amide bonds. The van der Waals surface area contributed by atoms with Gasteiger partial charge in [0.2, 0.25) is 0 Å². The van der Waals surface area contributed by atoms with E-state index in [2.05, 4.69) is 24.3 Å². The van der Waals surface area contributed by atoms with Crippen LogP contribution in [0.4, 0.5) is 0 Å². The second-order valence-electron chi connectivity index (χ2n) is 1.24. The zero-order valence-corrected chi connectivity index (χ0v) is 4.31. The molecular formula is C8H4-4. The summed E-state index contributed by atoms with van der Waals surface area (Å²) in [5.74, 6) is 0. The molecule has 0 atom stereocenters. The summed E-state index contributed by atoms with van der Waals surface area (Å²) < 4.78 is 0. The van der Waals surface area contributed by atoms with Crippen molar-refractivity contribution in [3.63, 3.8) is 0 Å². The smallest absolute Gasteiger partial charge is 0.436 e. The van der Waals surface area contributed by atoms with E-state index >= 15 is 0 Å². The normalized spacial score (nSPS) is 16.0. The first-order valence-corrected chi connectivity index (χ1v) is 2.31. The molecule has 1 aliphatic rings. The summed E-state index contributed by atoms with van der Waals surface area (Å²) in [7, 11) is 0. The van der Waals surface area contributed by atoms with E-state index < -0.39 is 0 Å². The van der Waals surface area contributed by atoms with Gasteiger partial charge in [0.25, 0.3) is 0 Å². The molecule has 0 saturated heterocycles. The van der Waals surface area contributed by atoms with Crippen molar-refractivity contribution in [1.29, 1.82) is 0 Å². The van der Waals surface area contributed by atoms with Gasteiger partial charge in [0.05, 0.1) is 0 Å². The molecule has 0 aromatic heterocycles. The van der Waals surface area contributed by atoms with E-state index in [1.807, 2.05) is 0 Å². The Hall–Kier alpha value is -1.04. The van der Waals surface area contributed by atoms with Gasteiger partial charge in [-0.15, -0.1) is 0 Å². The van der Waals surface area contributed by atoms with Crippen LogP contribution in [0.15, 0.2) is 24.3 Å². The first-order valence-electron chi connectivity index (χ1n) is 2.31. The van der Waals surface area contributed by atoms with Gasteiger partial charge in [-0.3, -0.25) is 0 Å². The van der Waals surface area contributed by atoms with E-state index in [1.165, 1.54) is 0 Å². The Balaban J connectivity index is 2.67. The maximum Gasteiger partial charge on any atom is -0.436 e. The lowest BCUT2D eigenvalue weighted by Crippen LogP contribution is -1.59. The molecule has 40 valence electrons. The summed E-state index contributed by atoms with van der Waals surface area (Å²) in [6.07, 6.45) is 18.0. The highest BCUT2D eigenvalue weighted by Crippen LogP contribution is 1.83. The quantitative estimate of drug-likeness (QED) is 0.404. The summed E-state index contributed by atoms with van der Waals surface area (Å²) in [6, 6.07) is 0. The van der Waals surface area contributed by atoms with Crippen molar-refractivity contribution in [3.8, 4) is 0 Å². The van der Waals surface area contributed by atoms with Crippen LogP contribution in [0.3, 0.4) is 0 Å². The molecule has 0 saturated carbocycles. The molecule has 0 nitrogen and oxygen atoms in total. The fourth-order valence-corrected chi connectivity index (χ4v) is 0.359. The largest absolute Gasteiger partial charge is 0.545 e. The topological polar surface area (TPSA) is 0 Å². The van der Waals surface area contributed by atoms with E-state index in [4.69, 9.17) is 0 Å². The summed E-state index contributed by atoms with van der Waals surface area (Å²) in [5, 5.41) is 0. The molecule has 1 aliphatic carbocycles. The first-order chi connectivity index (χ1) is 4.00. The van der Waals surface area contributed by atoms with Crippen LogP contribution in [0.25, 0.3) is 0 Å². The van der Waals surface area contributed by atoms with Gasteiger partial charge in [-0.1, -0.05) is 0 Å². The van der Waals surface area contributed by atoms with Crippen LogP contribution in [-0.2, 0) is 0 Å². The highest BCUT2D eigenvalue weighted by atomic mass is 13.7. The number of hydrogen-bond donors (Lipinski definition) is 0. The van der Waals surface area contributed by atoms with Crippen molar-refractivity contribution in [2.75, 3.05) is 0 Å². The third kappa shape index (κ3) is 1.61. The Kier molecular flexibility index (Phi) is 1.93. The molecule has 1 rings (SSSR count).